The zero-order chi connectivity index (χ0) is 7.56. The highest BCUT2D eigenvalue weighted by Gasteiger charge is 1.95. The fraction of sp³-hybridized carbons (Fsp3) is 0. The first-order valence-corrected chi connectivity index (χ1v) is 2.52. The molecule has 0 atom stereocenters. The maximum Gasteiger partial charge on any atom is 0.324 e. The summed E-state index contributed by atoms with van der Waals surface area (Å²) in [4.78, 5) is 25.1. The third-order valence-electron chi connectivity index (χ3n) is 0.854. The molecule has 1 aromatic rings. The lowest BCUT2D eigenvalue weighted by molar-refractivity contribution is 0.259. The molecule has 5 N–H and O–H groups in total. The van der Waals surface area contributed by atoms with E-state index in [2.05, 4.69) is 15.3 Å². The predicted molar refractivity (Wildman–Crippen MR) is 34.6 cm³/mol. The Morgan fingerprint density at radius 1 is 1.70 bits per heavy atom. The fourth-order valence-electron chi connectivity index (χ4n) is 0.532. The number of urea groups is 1. The minimum Gasteiger partial charge on any atom is -0.351 e. The summed E-state index contributed by atoms with van der Waals surface area (Å²) in [7, 11) is 0. The third kappa shape index (κ3) is 1.38. The van der Waals surface area contributed by atoms with Gasteiger partial charge in [0.2, 0.25) is 0 Å². The number of rotatable bonds is 1. The lowest BCUT2D eigenvalue weighted by Crippen LogP contribution is -2.19. The highest BCUT2D eigenvalue weighted by atomic mass is 16.2. The second-order valence-corrected chi connectivity index (χ2v) is 1.65. The van der Waals surface area contributed by atoms with Gasteiger partial charge in [0.05, 0.1) is 0 Å². The Labute approximate surface area is 55.4 Å². The van der Waals surface area contributed by atoms with Crippen LogP contribution in [0.15, 0.2) is 11.0 Å². The molecular formula is C4H6N4O2. The number of anilines is 1. The van der Waals surface area contributed by atoms with Crippen molar-refractivity contribution in [1.82, 2.24) is 9.97 Å². The number of imidazole rings is 1. The van der Waals surface area contributed by atoms with Crippen LogP contribution in [0.4, 0.5) is 10.6 Å². The number of carbonyl (C=O) groups excluding carboxylic acids is 1. The van der Waals surface area contributed by atoms with Gasteiger partial charge in [0.1, 0.15) is 5.82 Å². The van der Waals surface area contributed by atoms with Crippen molar-refractivity contribution in [2.24, 2.45) is 5.73 Å². The van der Waals surface area contributed by atoms with Crippen LogP contribution in [0.1, 0.15) is 0 Å². The lowest BCUT2D eigenvalue weighted by Gasteiger charge is -1.92. The van der Waals surface area contributed by atoms with Gasteiger partial charge in [0, 0.05) is 6.20 Å². The Morgan fingerprint density at radius 3 is 2.80 bits per heavy atom. The van der Waals surface area contributed by atoms with Crippen molar-refractivity contribution in [2.75, 3.05) is 5.32 Å². The number of amides is 2. The lowest BCUT2D eigenvalue weighted by atomic mass is 10.7. The summed E-state index contributed by atoms with van der Waals surface area (Å²) < 4.78 is 0. The first-order valence-electron chi connectivity index (χ1n) is 2.52. The molecule has 0 fully saturated rings. The molecule has 0 bridgehead atoms. The van der Waals surface area contributed by atoms with Gasteiger partial charge in [0.25, 0.3) is 0 Å². The van der Waals surface area contributed by atoms with Crippen molar-refractivity contribution in [3.05, 3.63) is 16.7 Å². The number of H-pyrrole nitrogens is 2. The third-order valence-corrected chi connectivity index (χ3v) is 0.854. The molecule has 0 aromatic carbocycles. The van der Waals surface area contributed by atoms with Crippen molar-refractivity contribution in [3.8, 4) is 0 Å². The average Bonchev–Trinajstić information content (AvgIpc) is 2.13. The summed E-state index contributed by atoms with van der Waals surface area (Å²) in [5, 5.41) is 2.18. The van der Waals surface area contributed by atoms with Crippen molar-refractivity contribution in [2.45, 2.75) is 0 Å². The molecule has 6 nitrogen and oxygen atoms in total. The van der Waals surface area contributed by atoms with E-state index in [9.17, 15) is 9.59 Å². The molecule has 0 aliphatic heterocycles. The first kappa shape index (κ1) is 6.40. The number of aromatic amines is 2. The molecule has 0 radical (unpaired) electrons. The van der Waals surface area contributed by atoms with E-state index in [4.69, 9.17) is 5.73 Å². The molecule has 6 heteroatoms. The Morgan fingerprint density at radius 2 is 2.40 bits per heavy atom. The number of carbonyl (C=O) groups is 1. The Bertz CT molecular complexity index is 285. The number of nitrogens with one attached hydrogen (secondary N) is 3. The maximum absolute atomic E-state index is 10.4. The molecule has 0 aliphatic rings. The Hall–Kier alpha value is -1.72. The van der Waals surface area contributed by atoms with Crippen LogP contribution in [-0.4, -0.2) is 16.0 Å². The van der Waals surface area contributed by atoms with E-state index in [1.807, 2.05) is 0 Å². The molecule has 0 unspecified atom stereocenters. The van der Waals surface area contributed by atoms with E-state index in [0.717, 1.165) is 0 Å². The minimum atomic E-state index is -0.713. The van der Waals surface area contributed by atoms with Crippen LogP contribution < -0.4 is 16.7 Å². The summed E-state index contributed by atoms with van der Waals surface area (Å²) in [5.74, 6) is 0.262. The Balaban J connectivity index is 2.76. The van der Waals surface area contributed by atoms with Crippen molar-refractivity contribution in [1.29, 1.82) is 0 Å². The van der Waals surface area contributed by atoms with E-state index in [1.165, 1.54) is 6.20 Å². The van der Waals surface area contributed by atoms with E-state index in [-0.39, 0.29) is 11.5 Å². The molecule has 1 aromatic heterocycles. The number of primary amides is 1. The summed E-state index contributed by atoms with van der Waals surface area (Å²) in [6.07, 6.45) is 1.31. The summed E-state index contributed by atoms with van der Waals surface area (Å²) in [5.41, 5.74) is 4.36. The van der Waals surface area contributed by atoms with E-state index < -0.39 is 6.03 Å². The zero-order valence-electron chi connectivity index (χ0n) is 4.97. The second kappa shape index (κ2) is 2.26. The molecule has 0 saturated heterocycles. The number of hydrogen-bond donors (Lipinski definition) is 4. The van der Waals surface area contributed by atoms with Crippen molar-refractivity contribution < 1.29 is 4.79 Å². The van der Waals surface area contributed by atoms with Crippen molar-refractivity contribution in [3.63, 3.8) is 0 Å². The van der Waals surface area contributed by atoms with Crippen LogP contribution in [0.25, 0.3) is 0 Å². The van der Waals surface area contributed by atoms with Crippen LogP contribution in [0.2, 0.25) is 0 Å². The van der Waals surface area contributed by atoms with Gasteiger partial charge in [-0.25, -0.2) is 9.59 Å². The van der Waals surface area contributed by atoms with Gasteiger partial charge in [-0.15, -0.1) is 0 Å². The summed E-state index contributed by atoms with van der Waals surface area (Å²) in [6.45, 7) is 0. The molecular weight excluding hydrogens is 136 g/mol. The highest BCUT2D eigenvalue weighted by Crippen LogP contribution is 1.91. The van der Waals surface area contributed by atoms with Gasteiger partial charge >= 0.3 is 11.7 Å². The average molecular weight is 142 g/mol. The molecule has 10 heavy (non-hydrogen) atoms. The van der Waals surface area contributed by atoms with Crippen LogP contribution in [0.5, 0.6) is 0 Å². The molecule has 0 spiro atoms. The highest BCUT2D eigenvalue weighted by molar-refractivity contribution is 5.86. The Kier molecular flexibility index (Phi) is 1.44. The van der Waals surface area contributed by atoms with Crippen LogP contribution >= 0.6 is 0 Å². The molecule has 0 aliphatic carbocycles. The number of hydrogen-bond acceptors (Lipinski definition) is 2. The fourth-order valence-corrected chi connectivity index (χ4v) is 0.532. The monoisotopic (exact) mass is 142 g/mol. The minimum absolute atomic E-state index is 0.262. The summed E-state index contributed by atoms with van der Waals surface area (Å²) >= 11 is 0. The van der Waals surface area contributed by atoms with Gasteiger partial charge < -0.3 is 10.7 Å². The van der Waals surface area contributed by atoms with E-state index in [1.54, 1.807) is 0 Å². The quantitative estimate of drug-likeness (QED) is 0.412. The molecule has 0 saturated carbocycles. The zero-order valence-corrected chi connectivity index (χ0v) is 4.97. The molecule has 2 amide bonds. The van der Waals surface area contributed by atoms with Crippen LogP contribution in [0.3, 0.4) is 0 Å². The summed E-state index contributed by atoms with van der Waals surface area (Å²) in [6, 6.07) is -0.713. The van der Waals surface area contributed by atoms with Gasteiger partial charge in [-0.3, -0.25) is 10.3 Å². The normalized spacial score (nSPS) is 9.20. The van der Waals surface area contributed by atoms with Gasteiger partial charge in [-0.2, -0.15) is 0 Å². The van der Waals surface area contributed by atoms with E-state index in [0.29, 0.717) is 0 Å². The molecule has 54 valence electrons. The predicted octanol–water partition coefficient (Wildman–Crippen LogP) is -0.806. The number of aromatic nitrogens is 2. The van der Waals surface area contributed by atoms with Crippen LogP contribution in [-0.2, 0) is 0 Å². The molecule has 1 heterocycles. The second-order valence-electron chi connectivity index (χ2n) is 1.65. The SMILES string of the molecule is NC(=O)Nc1c[nH]c(=O)[nH]1. The topological polar surface area (TPSA) is 104 Å². The van der Waals surface area contributed by atoms with Gasteiger partial charge in [-0.1, -0.05) is 0 Å². The smallest absolute Gasteiger partial charge is 0.324 e. The van der Waals surface area contributed by atoms with Crippen LogP contribution in [0, 0.1) is 0 Å². The van der Waals surface area contributed by atoms with Gasteiger partial charge in [-0.05, 0) is 0 Å². The maximum atomic E-state index is 10.4. The first-order chi connectivity index (χ1) is 4.68. The number of nitrogens with two attached hydrogens (primary N) is 1. The van der Waals surface area contributed by atoms with Crippen molar-refractivity contribution >= 4 is 11.8 Å². The van der Waals surface area contributed by atoms with E-state index >= 15 is 0 Å². The standard InChI is InChI=1S/C4H6N4O2/c5-3(9)7-2-1-6-4(10)8-2/h1H,(H3,5,7,9)(H2,6,8,10). The van der Waals surface area contributed by atoms with Gasteiger partial charge in [0.15, 0.2) is 0 Å². The molecule has 1 rings (SSSR count). The largest absolute Gasteiger partial charge is 0.351 e.